The van der Waals surface area contributed by atoms with E-state index in [1.54, 1.807) is 26.0 Å². The monoisotopic (exact) mass is 384 g/mol. The molecule has 0 spiro atoms. The van der Waals surface area contributed by atoms with Crippen molar-refractivity contribution in [2.45, 2.75) is 20.0 Å². The summed E-state index contributed by atoms with van der Waals surface area (Å²) < 4.78 is 15.4. The number of primary amides is 1. The van der Waals surface area contributed by atoms with E-state index in [4.69, 9.17) is 31.5 Å². The van der Waals surface area contributed by atoms with Gasteiger partial charge in [0.25, 0.3) is 5.91 Å². The lowest BCUT2D eigenvalue weighted by Gasteiger charge is -2.18. The molecule has 0 saturated carbocycles. The standard InChI is InChI=1S/C17H21ClN2O6/c1-9(2)14(16(22)20-17(19)23)26-13(21)6-5-10-7-11(18)15(25-4)12(8-10)24-3/h5-9,14H,1-4H3,(H3,19,20,22,23)/b6-5+/t14-/m1/s1. The van der Waals surface area contributed by atoms with Gasteiger partial charge in [0, 0.05) is 6.08 Å². The zero-order valence-electron chi connectivity index (χ0n) is 14.9. The molecule has 1 atom stereocenters. The highest BCUT2D eigenvalue weighted by molar-refractivity contribution is 6.32. The molecule has 1 aromatic rings. The predicted octanol–water partition coefficient (Wildman–Crippen LogP) is 2.13. The van der Waals surface area contributed by atoms with Crippen LogP contribution in [0.25, 0.3) is 6.08 Å². The fourth-order valence-corrected chi connectivity index (χ4v) is 2.34. The molecule has 142 valence electrons. The number of nitrogens with two attached hydrogens (primary N) is 1. The third-order valence-corrected chi connectivity index (χ3v) is 3.50. The molecule has 0 heterocycles. The minimum Gasteiger partial charge on any atom is -0.493 e. The number of methoxy groups -OCH3 is 2. The second-order valence-corrected chi connectivity index (χ2v) is 5.93. The van der Waals surface area contributed by atoms with Crippen LogP contribution in [0.3, 0.4) is 0 Å². The summed E-state index contributed by atoms with van der Waals surface area (Å²) in [6.07, 6.45) is 1.41. The van der Waals surface area contributed by atoms with Crippen molar-refractivity contribution in [3.8, 4) is 11.5 Å². The lowest BCUT2D eigenvalue weighted by atomic mass is 10.1. The molecule has 1 rings (SSSR count). The molecule has 9 heteroatoms. The molecule has 0 unspecified atom stereocenters. The minimum atomic E-state index is -1.16. The first-order chi connectivity index (χ1) is 12.2. The van der Waals surface area contributed by atoms with E-state index >= 15 is 0 Å². The highest BCUT2D eigenvalue weighted by Gasteiger charge is 2.26. The van der Waals surface area contributed by atoms with Crippen LogP contribution in [0.15, 0.2) is 18.2 Å². The summed E-state index contributed by atoms with van der Waals surface area (Å²) in [7, 11) is 2.92. The van der Waals surface area contributed by atoms with Crippen LogP contribution >= 0.6 is 11.6 Å². The molecule has 26 heavy (non-hydrogen) atoms. The first-order valence-electron chi connectivity index (χ1n) is 7.60. The summed E-state index contributed by atoms with van der Waals surface area (Å²) >= 11 is 6.09. The third kappa shape index (κ3) is 5.96. The Kier molecular flexibility index (Phi) is 7.92. The molecule has 8 nitrogen and oxygen atoms in total. The Morgan fingerprint density at radius 2 is 1.85 bits per heavy atom. The summed E-state index contributed by atoms with van der Waals surface area (Å²) in [5.74, 6) is -1.15. The maximum Gasteiger partial charge on any atom is 0.331 e. The molecule has 0 fully saturated rings. The Hall–Kier alpha value is -2.74. The number of benzene rings is 1. The van der Waals surface area contributed by atoms with Crippen LogP contribution < -0.4 is 20.5 Å². The van der Waals surface area contributed by atoms with Gasteiger partial charge in [-0.25, -0.2) is 9.59 Å². The van der Waals surface area contributed by atoms with Gasteiger partial charge in [-0.3, -0.25) is 10.1 Å². The number of halogens is 1. The van der Waals surface area contributed by atoms with E-state index in [1.165, 1.54) is 20.3 Å². The third-order valence-electron chi connectivity index (χ3n) is 3.22. The SMILES string of the molecule is COc1cc(/C=C/C(=O)O[C@@H](C(=O)NC(N)=O)C(C)C)cc(Cl)c1OC. The molecule has 3 N–H and O–H groups in total. The van der Waals surface area contributed by atoms with Crippen molar-refractivity contribution in [1.29, 1.82) is 0 Å². The maximum atomic E-state index is 12.0. The molecule has 0 aliphatic heterocycles. The lowest BCUT2D eigenvalue weighted by Crippen LogP contribution is -2.45. The fraction of sp³-hybridized carbons (Fsp3) is 0.353. The summed E-state index contributed by atoms with van der Waals surface area (Å²) in [6.45, 7) is 3.33. The molecular formula is C17H21ClN2O6. The van der Waals surface area contributed by atoms with E-state index < -0.39 is 24.0 Å². The Bertz CT molecular complexity index is 717. The molecule has 0 aromatic heterocycles. The number of amides is 3. The van der Waals surface area contributed by atoms with Crippen LogP contribution in [-0.2, 0) is 14.3 Å². The second-order valence-electron chi connectivity index (χ2n) is 5.53. The summed E-state index contributed by atoms with van der Waals surface area (Å²) in [4.78, 5) is 34.6. The van der Waals surface area contributed by atoms with Crippen molar-refractivity contribution in [1.82, 2.24) is 5.32 Å². The van der Waals surface area contributed by atoms with Gasteiger partial charge in [0.05, 0.1) is 19.2 Å². The quantitative estimate of drug-likeness (QED) is 0.549. The van der Waals surface area contributed by atoms with E-state index in [0.29, 0.717) is 22.1 Å². The number of esters is 1. The summed E-state index contributed by atoms with van der Waals surface area (Å²) in [5, 5.41) is 2.20. The van der Waals surface area contributed by atoms with E-state index in [2.05, 4.69) is 0 Å². The van der Waals surface area contributed by atoms with Crippen LogP contribution in [-0.4, -0.2) is 38.2 Å². The highest BCUT2D eigenvalue weighted by atomic mass is 35.5. The van der Waals surface area contributed by atoms with Gasteiger partial charge in [-0.05, 0) is 29.7 Å². The van der Waals surface area contributed by atoms with Gasteiger partial charge in [0.1, 0.15) is 0 Å². The number of carbonyl (C=O) groups excluding carboxylic acids is 3. The van der Waals surface area contributed by atoms with Gasteiger partial charge in [-0.1, -0.05) is 25.4 Å². The molecular weight excluding hydrogens is 364 g/mol. The smallest absolute Gasteiger partial charge is 0.331 e. The van der Waals surface area contributed by atoms with Crippen LogP contribution in [0.1, 0.15) is 19.4 Å². The number of nitrogens with one attached hydrogen (secondary N) is 1. The first-order valence-corrected chi connectivity index (χ1v) is 7.97. The van der Waals surface area contributed by atoms with Crippen molar-refractivity contribution >= 4 is 35.6 Å². The average molecular weight is 385 g/mol. The molecule has 1 aromatic carbocycles. The Balaban J connectivity index is 2.90. The average Bonchev–Trinajstić information content (AvgIpc) is 2.56. The van der Waals surface area contributed by atoms with Gasteiger partial charge in [0.15, 0.2) is 17.6 Å². The molecule has 0 aliphatic rings. The number of rotatable bonds is 7. The van der Waals surface area contributed by atoms with Gasteiger partial charge >= 0.3 is 12.0 Å². The molecule has 0 saturated heterocycles. The van der Waals surface area contributed by atoms with Crippen molar-refractivity contribution in [2.24, 2.45) is 11.7 Å². The number of ether oxygens (including phenoxy) is 3. The number of urea groups is 1. The van der Waals surface area contributed by atoms with Crippen molar-refractivity contribution in [2.75, 3.05) is 14.2 Å². The van der Waals surface area contributed by atoms with Crippen LogP contribution in [0.5, 0.6) is 11.5 Å². The van der Waals surface area contributed by atoms with Gasteiger partial charge in [0.2, 0.25) is 0 Å². The molecule has 0 bridgehead atoms. The molecule has 3 amide bonds. The van der Waals surface area contributed by atoms with Crippen LogP contribution in [0.2, 0.25) is 5.02 Å². The van der Waals surface area contributed by atoms with Crippen LogP contribution in [0.4, 0.5) is 4.79 Å². The largest absolute Gasteiger partial charge is 0.493 e. The van der Waals surface area contributed by atoms with Gasteiger partial charge in [-0.2, -0.15) is 0 Å². The van der Waals surface area contributed by atoms with E-state index in [0.717, 1.165) is 6.08 Å². The zero-order chi connectivity index (χ0) is 19.9. The molecule has 0 aliphatic carbocycles. The number of imide groups is 1. The predicted molar refractivity (Wildman–Crippen MR) is 96.0 cm³/mol. The van der Waals surface area contributed by atoms with E-state index in [9.17, 15) is 14.4 Å². The number of hydrogen-bond acceptors (Lipinski definition) is 6. The number of carbonyl (C=O) groups is 3. The van der Waals surface area contributed by atoms with Gasteiger partial charge < -0.3 is 19.9 Å². The highest BCUT2D eigenvalue weighted by Crippen LogP contribution is 2.36. The fourth-order valence-electron chi connectivity index (χ4n) is 2.05. The van der Waals surface area contributed by atoms with Crippen molar-refractivity contribution in [3.05, 3.63) is 28.8 Å². The Morgan fingerprint density at radius 3 is 2.35 bits per heavy atom. The topological polar surface area (TPSA) is 117 Å². The zero-order valence-corrected chi connectivity index (χ0v) is 15.6. The van der Waals surface area contributed by atoms with Crippen molar-refractivity contribution in [3.63, 3.8) is 0 Å². The normalized spacial score (nSPS) is 11.9. The maximum absolute atomic E-state index is 12.0. The first kappa shape index (κ1) is 21.3. The summed E-state index contributed by atoms with van der Waals surface area (Å²) in [5.41, 5.74) is 5.46. The van der Waals surface area contributed by atoms with Crippen molar-refractivity contribution < 1.29 is 28.6 Å². The Labute approximate surface area is 156 Å². The minimum absolute atomic E-state index is 0.306. The van der Waals surface area contributed by atoms with Gasteiger partial charge in [-0.15, -0.1) is 0 Å². The summed E-state index contributed by atoms with van der Waals surface area (Å²) in [6, 6.07) is 2.17. The van der Waals surface area contributed by atoms with E-state index in [-0.39, 0.29) is 5.92 Å². The number of hydrogen-bond donors (Lipinski definition) is 2. The molecule has 0 radical (unpaired) electrons. The second kappa shape index (κ2) is 9.67. The van der Waals surface area contributed by atoms with Crippen LogP contribution in [0, 0.1) is 5.92 Å². The lowest BCUT2D eigenvalue weighted by molar-refractivity contribution is -0.153. The van der Waals surface area contributed by atoms with E-state index in [1.807, 2.05) is 5.32 Å². The Morgan fingerprint density at radius 1 is 1.19 bits per heavy atom.